The monoisotopic (exact) mass is 311 g/mol. The van der Waals surface area contributed by atoms with Crippen molar-refractivity contribution in [2.24, 2.45) is 0 Å². The highest BCUT2D eigenvalue weighted by atomic mass is 19.4. The molecule has 2 N–H and O–H groups in total. The summed E-state index contributed by atoms with van der Waals surface area (Å²) in [5.74, 6) is -0.585. The van der Waals surface area contributed by atoms with Gasteiger partial charge < -0.3 is 10.3 Å². The molecule has 0 bridgehead atoms. The van der Waals surface area contributed by atoms with Gasteiger partial charge in [0, 0.05) is 12.1 Å². The summed E-state index contributed by atoms with van der Waals surface area (Å²) < 4.78 is 51.5. The zero-order valence-electron chi connectivity index (χ0n) is 10.9. The van der Waals surface area contributed by atoms with Crippen molar-refractivity contribution in [3.05, 3.63) is 47.7 Å². The largest absolute Gasteiger partial charge is 0.416 e. The SMILES string of the molecule is Fc1ccc(C(F)(F)F)cc1CNc1ncc2[nH]cnc2n1. The first kappa shape index (κ1) is 14.2. The van der Waals surface area contributed by atoms with Gasteiger partial charge in [0.05, 0.1) is 18.1 Å². The lowest BCUT2D eigenvalue weighted by molar-refractivity contribution is -0.137. The highest BCUT2D eigenvalue weighted by Crippen LogP contribution is 2.30. The molecule has 2 aromatic heterocycles. The van der Waals surface area contributed by atoms with Gasteiger partial charge in [0.1, 0.15) is 11.3 Å². The minimum Gasteiger partial charge on any atom is -0.350 e. The van der Waals surface area contributed by atoms with Crippen LogP contribution in [0.4, 0.5) is 23.5 Å². The quantitative estimate of drug-likeness (QED) is 0.729. The van der Waals surface area contributed by atoms with E-state index in [9.17, 15) is 17.6 Å². The van der Waals surface area contributed by atoms with Gasteiger partial charge in [-0.15, -0.1) is 0 Å². The van der Waals surface area contributed by atoms with Crippen LogP contribution in [0.1, 0.15) is 11.1 Å². The highest BCUT2D eigenvalue weighted by molar-refractivity contribution is 5.69. The first-order valence-corrected chi connectivity index (χ1v) is 6.19. The molecule has 0 saturated carbocycles. The highest BCUT2D eigenvalue weighted by Gasteiger charge is 2.31. The number of aromatic nitrogens is 4. The molecule has 22 heavy (non-hydrogen) atoms. The van der Waals surface area contributed by atoms with Crippen molar-refractivity contribution in [3.8, 4) is 0 Å². The topological polar surface area (TPSA) is 66.5 Å². The molecule has 0 aliphatic rings. The first-order chi connectivity index (χ1) is 10.4. The Kier molecular flexibility index (Phi) is 3.39. The molecule has 2 heterocycles. The Morgan fingerprint density at radius 3 is 2.77 bits per heavy atom. The van der Waals surface area contributed by atoms with E-state index in [1.165, 1.54) is 12.5 Å². The minimum atomic E-state index is -4.52. The third-order valence-electron chi connectivity index (χ3n) is 2.99. The standard InChI is InChI=1S/C13H9F4N5/c14-9-2-1-8(13(15,16)17)3-7(9)4-18-12-19-5-10-11(22-12)21-6-20-10/h1-3,5-6H,4H2,(H2,18,19,20,21,22). The van der Waals surface area contributed by atoms with Gasteiger partial charge in [0.25, 0.3) is 0 Å². The van der Waals surface area contributed by atoms with Gasteiger partial charge in [-0.25, -0.2) is 14.4 Å². The number of nitrogens with zero attached hydrogens (tertiary/aromatic N) is 3. The molecule has 0 unspecified atom stereocenters. The van der Waals surface area contributed by atoms with Crippen LogP contribution in [0.15, 0.2) is 30.7 Å². The predicted molar refractivity (Wildman–Crippen MR) is 70.4 cm³/mol. The number of alkyl halides is 3. The number of hydrogen-bond donors (Lipinski definition) is 2. The average molecular weight is 311 g/mol. The molecule has 5 nitrogen and oxygen atoms in total. The van der Waals surface area contributed by atoms with Crippen LogP contribution in [0.2, 0.25) is 0 Å². The van der Waals surface area contributed by atoms with E-state index in [2.05, 4.69) is 25.3 Å². The Balaban J connectivity index is 1.80. The molecule has 0 radical (unpaired) electrons. The molecule has 0 amide bonds. The second kappa shape index (κ2) is 5.24. The third kappa shape index (κ3) is 2.83. The molecule has 0 spiro atoms. The second-order valence-corrected chi connectivity index (χ2v) is 4.49. The number of anilines is 1. The molecule has 0 saturated heterocycles. The van der Waals surface area contributed by atoms with Gasteiger partial charge in [-0.05, 0) is 18.2 Å². The summed E-state index contributed by atoms with van der Waals surface area (Å²) in [7, 11) is 0. The van der Waals surface area contributed by atoms with Crippen LogP contribution in [0, 0.1) is 5.82 Å². The molecule has 9 heteroatoms. The van der Waals surface area contributed by atoms with Crippen molar-refractivity contribution in [2.45, 2.75) is 12.7 Å². The smallest absolute Gasteiger partial charge is 0.350 e. The van der Waals surface area contributed by atoms with E-state index < -0.39 is 17.6 Å². The molecule has 1 aromatic carbocycles. The van der Waals surface area contributed by atoms with E-state index >= 15 is 0 Å². The summed E-state index contributed by atoms with van der Waals surface area (Å²) in [6, 6.07) is 2.25. The third-order valence-corrected chi connectivity index (χ3v) is 2.99. The van der Waals surface area contributed by atoms with E-state index in [1.54, 1.807) is 0 Å². The summed E-state index contributed by atoms with van der Waals surface area (Å²) in [4.78, 5) is 14.7. The van der Waals surface area contributed by atoms with Gasteiger partial charge in [-0.1, -0.05) is 0 Å². The van der Waals surface area contributed by atoms with Crippen LogP contribution >= 0.6 is 0 Å². The molecule has 0 atom stereocenters. The number of halogens is 4. The Bertz CT molecular complexity index is 812. The first-order valence-electron chi connectivity index (χ1n) is 6.19. The molecule has 114 valence electrons. The summed E-state index contributed by atoms with van der Waals surface area (Å²) in [6.45, 7) is -0.175. The molecule has 0 fully saturated rings. The summed E-state index contributed by atoms with van der Waals surface area (Å²) in [5.41, 5.74) is -0.00673. The molecule has 0 aliphatic carbocycles. The number of hydrogen-bond acceptors (Lipinski definition) is 4. The van der Waals surface area contributed by atoms with Crippen molar-refractivity contribution < 1.29 is 17.6 Å². The van der Waals surface area contributed by atoms with Crippen LogP contribution in [-0.2, 0) is 12.7 Å². The van der Waals surface area contributed by atoms with Crippen LogP contribution in [0.25, 0.3) is 11.2 Å². The van der Waals surface area contributed by atoms with Crippen molar-refractivity contribution in [3.63, 3.8) is 0 Å². The summed E-state index contributed by atoms with van der Waals surface area (Å²) in [5, 5.41) is 2.68. The Hall–Kier alpha value is -2.71. The fraction of sp³-hybridized carbons (Fsp3) is 0.154. The predicted octanol–water partition coefficient (Wildman–Crippen LogP) is 3.12. The summed E-state index contributed by atoms with van der Waals surface area (Å²) in [6.07, 6.45) is -1.61. The van der Waals surface area contributed by atoms with E-state index in [0.717, 1.165) is 12.1 Å². The van der Waals surface area contributed by atoms with E-state index in [1.807, 2.05) is 0 Å². The lowest BCUT2D eigenvalue weighted by Crippen LogP contribution is -2.09. The van der Waals surface area contributed by atoms with Crippen LogP contribution in [0.3, 0.4) is 0 Å². The lowest BCUT2D eigenvalue weighted by atomic mass is 10.1. The molecular weight excluding hydrogens is 302 g/mol. The van der Waals surface area contributed by atoms with E-state index in [-0.39, 0.29) is 18.1 Å². The van der Waals surface area contributed by atoms with Crippen LogP contribution in [-0.4, -0.2) is 19.9 Å². The average Bonchev–Trinajstić information content (AvgIpc) is 2.92. The van der Waals surface area contributed by atoms with Crippen molar-refractivity contribution in [1.82, 2.24) is 19.9 Å². The number of benzene rings is 1. The van der Waals surface area contributed by atoms with E-state index in [4.69, 9.17) is 0 Å². The Morgan fingerprint density at radius 2 is 2.00 bits per heavy atom. The molecule has 3 rings (SSSR count). The zero-order chi connectivity index (χ0) is 15.7. The van der Waals surface area contributed by atoms with Gasteiger partial charge >= 0.3 is 6.18 Å². The normalized spacial score (nSPS) is 11.8. The fourth-order valence-corrected chi connectivity index (χ4v) is 1.88. The van der Waals surface area contributed by atoms with Gasteiger partial charge in [0.2, 0.25) is 5.95 Å². The molecule has 0 aliphatic heterocycles. The number of fused-ring (bicyclic) bond motifs is 1. The van der Waals surface area contributed by atoms with Crippen molar-refractivity contribution in [1.29, 1.82) is 0 Å². The molecule has 3 aromatic rings. The van der Waals surface area contributed by atoms with Crippen LogP contribution < -0.4 is 5.32 Å². The number of imidazole rings is 1. The number of H-pyrrole nitrogens is 1. The number of nitrogens with one attached hydrogen (secondary N) is 2. The maximum absolute atomic E-state index is 13.6. The maximum atomic E-state index is 13.6. The van der Waals surface area contributed by atoms with Gasteiger partial charge in [-0.3, -0.25) is 0 Å². The van der Waals surface area contributed by atoms with E-state index in [0.29, 0.717) is 17.2 Å². The fourth-order valence-electron chi connectivity index (χ4n) is 1.88. The van der Waals surface area contributed by atoms with Gasteiger partial charge in [-0.2, -0.15) is 18.2 Å². The van der Waals surface area contributed by atoms with Gasteiger partial charge in [0.15, 0.2) is 5.65 Å². The number of aromatic amines is 1. The maximum Gasteiger partial charge on any atom is 0.416 e. The number of rotatable bonds is 3. The summed E-state index contributed by atoms with van der Waals surface area (Å²) >= 11 is 0. The Morgan fingerprint density at radius 1 is 1.18 bits per heavy atom. The zero-order valence-corrected chi connectivity index (χ0v) is 10.9. The minimum absolute atomic E-state index is 0.124. The van der Waals surface area contributed by atoms with Crippen molar-refractivity contribution >= 4 is 17.1 Å². The second-order valence-electron chi connectivity index (χ2n) is 4.49. The Labute approximate surface area is 121 Å². The lowest BCUT2D eigenvalue weighted by Gasteiger charge is -2.10. The van der Waals surface area contributed by atoms with Crippen LogP contribution in [0.5, 0.6) is 0 Å². The molecular formula is C13H9F4N5. The van der Waals surface area contributed by atoms with Crippen molar-refractivity contribution in [2.75, 3.05) is 5.32 Å².